The van der Waals surface area contributed by atoms with Gasteiger partial charge in [-0.2, -0.15) is 0 Å². The Balaban J connectivity index is 1.83. The highest BCUT2D eigenvalue weighted by atomic mass is 32.2. The number of methoxy groups -OCH3 is 1. The number of halogens is 1. The topological polar surface area (TPSA) is 88.2 Å². The Kier molecular flexibility index (Phi) is 6.15. The van der Waals surface area contributed by atoms with E-state index in [4.69, 9.17) is 9.26 Å². The van der Waals surface area contributed by atoms with E-state index in [1.54, 1.807) is 43.5 Å². The van der Waals surface area contributed by atoms with Crippen LogP contribution in [0.3, 0.4) is 0 Å². The van der Waals surface area contributed by atoms with Gasteiger partial charge in [0.1, 0.15) is 11.6 Å². The minimum Gasteiger partial charge on any atom is -0.497 e. The van der Waals surface area contributed by atoms with E-state index in [-0.39, 0.29) is 10.7 Å². The number of aromatic nitrogens is 2. The van der Waals surface area contributed by atoms with Crippen molar-refractivity contribution in [2.24, 2.45) is 0 Å². The molecule has 0 aliphatic carbocycles. The second-order valence-electron chi connectivity index (χ2n) is 5.80. The number of carbonyl (C=O) groups excluding carboxylic acids is 1. The summed E-state index contributed by atoms with van der Waals surface area (Å²) in [6.07, 6.45) is 0.429. The predicted molar refractivity (Wildman–Crippen MR) is 102 cm³/mol. The summed E-state index contributed by atoms with van der Waals surface area (Å²) in [7, 11) is 1.56. The molecule has 0 bridgehead atoms. The van der Waals surface area contributed by atoms with Crippen molar-refractivity contribution in [3.8, 4) is 11.4 Å². The summed E-state index contributed by atoms with van der Waals surface area (Å²) in [4.78, 5) is 24.8. The summed E-state index contributed by atoms with van der Waals surface area (Å²) in [6, 6.07) is 12.9. The van der Waals surface area contributed by atoms with E-state index in [0.717, 1.165) is 11.8 Å². The molecule has 0 saturated heterocycles. The number of benzene rings is 2. The summed E-state index contributed by atoms with van der Waals surface area (Å²) in [5.41, 5.74) is 0.132. The number of ether oxygens (including phenoxy) is 1. The second-order valence-corrected chi connectivity index (χ2v) is 6.99. The smallest absolute Gasteiger partial charge is 0.442 e. The van der Waals surface area contributed by atoms with E-state index in [0.29, 0.717) is 17.9 Å². The highest BCUT2D eigenvalue weighted by Crippen LogP contribution is 2.23. The van der Waals surface area contributed by atoms with Crippen LogP contribution in [0.15, 0.2) is 62.9 Å². The normalized spacial score (nSPS) is 11.8. The summed E-state index contributed by atoms with van der Waals surface area (Å²) in [5, 5.41) is 4.68. The maximum absolute atomic E-state index is 13.8. The van der Waals surface area contributed by atoms with Crippen molar-refractivity contribution in [2.45, 2.75) is 23.6 Å². The van der Waals surface area contributed by atoms with E-state index in [9.17, 15) is 14.0 Å². The Morgan fingerprint density at radius 2 is 2.00 bits per heavy atom. The monoisotopic (exact) mass is 404 g/mol. The molecule has 0 radical (unpaired) electrons. The lowest BCUT2D eigenvalue weighted by atomic mass is 10.2. The van der Waals surface area contributed by atoms with Crippen LogP contribution in [-0.4, -0.2) is 23.5 Å². The largest absolute Gasteiger partial charge is 0.497 e. The van der Waals surface area contributed by atoms with Crippen molar-refractivity contribution in [1.29, 1.82) is 0 Å². The van der Waals surface area contributed by atoms with Crippen LogP contribution in [0.25, 0.3) is 5.69 Å². The molecule has 0 saturated carbocycles. The second kappa shape index (κ2) is 8.75. The van der Waals surface area contributed by atoms with Crippen molar-refractivity contribution in [1.82, 2.24) is 5.27 Å². The lowest BCUT2D eigenvalue weighted by Gasteiger charge is -2.12. The van der Waals surface area contributed by atoms with Gasteiger partial charge in [0.05, 0.1) is 18.0 Å². The Hall–Kier alpha value is -3.07. The molecule has 1 atom stereocenters. The zero-order chi connectivity index (χ0) is 20.1. The van der Waals surface area contributed by atoms with E-state index in [2.05, 4.69) is 10.6 Å². The molecule has 0 aliphatic rings. The van der Waals surface area contributed by atoms with Gasteiger partial charge in [-0.3, -0.25) is 9.32 Å². The number of H-pyrrole nitrogens is 1. The molecular weight excluding hydrogens is 385 g/mol. The molecule has 2 aromatic carbocycles. The third-order valence-corrected chi connectivity index (χ3v) is 5.39. The maximum Gasteiger partial charge on any atom is 0.442 e. The maximum atomic E-state index is 13.8. The fourth-order valence-electron chi connectivity index (χ4n) is 2.50. The van der Waals surface area contributed by atoms with Crippen LogP contribution >= 0.6 is 11.8 Å². The fraction of sp³-hybridized carbons (Fsp3) is 0.211. The third-order valence-electron chi connectivity index (χ3n) is 3.99. The number of hydrogen-bond acceptors (Lipinski definition) is 5. The molecule has 1 heterocycles. The van der Waals surface area contributed by atoms with E-state index in [1.165, 1.54) is 16.8 Å². The molecule has 3 aromatic rings. The summed E-state index contributed by atoms with van der Waals surface area (Å²) in [6.45, 7) is 1.81. The Morgan fingerprint density at radius 1 is 1.29 bits per heavy atom. The average Bonchev–Trinajstić information content (AvgIpc) is 3.08. The average molecular weight is 404 g/mol. The number of nitrogens with zero attached hydrogens (tertiary/aromatic N) is 1. The number of carbonyl (C=O) groups is 1. The van der Waals surface area contributed by atoms with Crippen LogP contribution in [0.5, 0.6) is 5.75 Å². The van der Waals surface area contributed by atoms with Gasteiger partial charge in [0, 0.05) is 12.1 Å². The molecule has 28 heavy (non-hydrogen) atoms. The van der Waals surface area contributed by atoms with Crippen LogP contribution in [0, 0.1) is 5.82 Å². The van der Waals surface area contributed by atoms with Gasteiger partial charge in [0.25, 0.3) is 0 Å². The first-order valence-electron chi connectivity index (χ1n) is 8.53. The van der Waals surface area contributed by atoms with Crippen molar-refractivity contribution < 1.29 is 23.1 Å². The molecular formula is C19H19FN3O4S+. The molecule has 3 rings (SSSR count). The Labute approximate surface area is 164 Å². The first-order valence-corrected chi connectivity index (χ1v) is 9.41. The number of amides is 1. The first kappa shape index (κ1) is 19.7. The standard InChI is InChI=1S/C19H18FN3O4S/c1-3-16(17(24)21-15-7-5-4-6-14(15)20)28-18-19(25)27-22-23(18)12-8-10-13(26-2)11-9-12/h4-11,16H,3H2,1-2H3,(H-,21,22,24,25)/p+1. The summed E-state index contributed by atoms with van der Waals surface area (Å²) < 4.78 is 25.3. The van der Waals surface area contributed by atoms with Gasteiger partial charge in [-0.05, 0) is 52.4 Å². The van der Waals surface area contributed by atoms with Crippen molar-refractivity contribution >= 4 is 23.4 Å². The third kappa shape index (κ3) is 4.25. The zero-order valence-electron chi connectivity index (χ0n) is 15.3. The number of thioether (sulfide) groups is 1. The molecule has 1 amide bonds. The lowest BCUT2D eigenvalue weighted by molar-refractivity contribution is -0.704. The van der Waals surface area contributed by atoms with E-state index >= 15 is 0 Å². The van der Waals surface area contributed by atoms with Gasteiger partial charge in [-0.1, -0.05) is 19.1 Å². The molecule has 7 nitrogen and oxygen atoms in total. The predicted octanol–water partition coefficient (Wildman–Crippen LogP) is 2.90. The van der Waals surface area contributed by atoms with Gasteiger partial charge in [-0.15, -0.1) is 0 Å². The molecule has 0 fully saturated rings. The molecule has 0 aliphatic heterocycles. The number of para-hydroxylation sites is 1. The summed E-state index contributed by atoms with van der Waals surface area (Å²) >= 11 is 1.05. The van der Waals surface area contributed by atoms with Crippen molar-refractivity contribution in [2.75, 3.05) is 12.4 Å². The van der Waals surface area contributed by atoms with E-state index in [1.807, 2.05) is 6.92 Å². The van der Waals surface area contributed by atoms with Crippen LogP contribution < -0.4 is 20.4 Å². The molecule has 0 spiro atoms. The molecule has 146 valence electrons. The SMILES string of the molecule is CCC(Sc1c(=O)o[nH][n+]1-c1ccc(OC)cc1)C(=O)Nc1ccccc1F. The van der Waals surface area contributed by atoms with Gasteiger partial charge < -0.3 is 10.1 Å². The molecule has 9 heteroatoms. The van der Waals surface area contributed by atoms with Crippen LogP contribution in [0.1, 0.15) is 13.3 Å². The molecule has 2 N–H and O–H groups in total. The summed E-state index contributed by atoms with van der Waals surface area (Å²) in [5.74, 6) is -0.260. The Bertz CT molecular complexity index is 1020. The number of nitrogens with one attached hydrogen (secondary N) is 2. The van der Waals surface area contributed by atoms with Crippen LogP contribution in [0.4, 0.5) is 10.1 Å². The van der Waals surface area contributed by atoms with E-state index < -0.39 is 22.6 Å². The number of rotatable bonds is 7. The van der Waals surface area contributed by atoms with Gasteiger partial charge >= 0.3 is 10.7 Å². The first-order chi connectivity index (χ1) is 13.5. The number of aromatic amines is 1. The van der Waals surface area contributed by atoms with Crippen LogP contribution in [0.2, 0.25) is 0 Å². The van der Waals surface area contributed by atoms with Crippen molar-refractivity contribution in [3.05, 3.63) is 64.8 Å². The molecule has 1 aromatic heterocycles. The Morgan fingerprint density at radius 3 is 2.64 bits per heavy atom. The van der Waals surface area contributed by atoms with Crippen molar-refractivity contribution in [3.63, 3.8) is 0 Å². The highest BCUT2D eigenvalue weighted by molar-refractivity contribution is 8.00. The van der Waals surface area contributed by atoms with Gasteiger partial charge in [0.2, 0.25) is 11.6 Å². The lowest BCUT2D eigenvalue weighted by Crippen LogP contribution is -2.37. The van der Waals surface area contributed by atoms with Gasteiger partial charge in [-0.25, -0.2) is 9.18 Å². The quantitative estimate of drug-likeness (QED) is 0.467. The fourth-order valence-corrected chi connectivity index (χ4v) is 3.49. The van der Waals surface area contributed by atoms with Crippen LogP contribution in [-0.2, 0) is 4.79 Å². The zero-order valence-corrected chi connectivity index (χ0v) is 16.1. The number of anilines is 1. The van der Waals surface area contributed by atoms with Gasteiger partial charge in [0.15, 0.2) is 0 Å². The molecule has 1 unspecified atom stereocenters. The minimum atomic E-state index is -0.622. The minimum absolute atomic E-state index is 0.0932. The number of hydrogen-bond donors (Lipinski definition) is 2. The highest BCUT2D eigenvalue weighted by Gasteiger charge is 2.30.